The Balaban J connectivity index is 2.30. The number of hydrogen-bond acceptors (Lipinski definition) is 2. The van der Waals surface area contributed by atoms with E-state index in [1.54, 1.807) is 6.26 Å². The first-order valence-corrected chi connectivity index (χ1v) is 6.63. The van der Waals surface area contributed by atoms with Gasteiger partial charge in [-0.05, 0) is 43.1 Å². The van der Waals surface area contributed by atoms with Gasteiger partial charge in [-0.1, -0.05) is 36.8 Å². The summed E-state index contributed by atoms with van der Waals surface area (Å²) < 4.78 is 5.20. The van der Waals surface area contributed by atoms with Crippen molar-refractivity contribution in [2.75, 3.05) is 6.54 Å². The smallest absolute Gasteiger partial charge is 0.198 e. The Morgan fingerprint density at radius 3 is 2.50 bits per heavy atom. The van der Waals surface area contributed by atoms with Crippen LogP contribution in [0, 0.1) is 6.92 Å². The number of aryl methyl sites for hydroxylation is 1. The van der Waals surface area contributed by atoms with Crippen LogP contribution in [0.15, 0.2) is 41.0 Å². The Morgan fingerprint density at radius 1 is 1.22 bits per heavy atom. The van der Waals surface area contributed by atoms with E-state index in [1.165, 1.54) is 11.1 Å². The van der Waals surface area contributed by atoms with Crippen molar-refractivity contribution < 1.29 is 4.42 Å². The first-order chi connectivity index (χ1) is 8.72. The van der Waals surface area contributed by atoms with E-state index in [2.05, 4.69) is 43.4 Å². The molecule has 0 aliphatic carbocycles. The van der Waals surface area contributed by atoms with E-state index in [4.69, 9.17) is 16.0 Å². The van der Waals surface area contributed by atoms with Gasteiger partial charge < -0.3 is 9.73 Å². The van der Waals surface area contributed by atoms with E-state index in [0.29, 0.717) is 5.22 Å². The van der Waals surface area contributed by atoms with Crippen molar-refractivity contribution in [1.29, 1.82) is 0 Å². The number of halogens is 1. The Morgan fingerprint density at radius 2 is 1.94 bits per heavy atom. The van der Waals surface area contributed by atoms with Crippen molar-refractivity contribution in [2.45, 2.75) is 26.3 Å². The quantitative estimate of drug-likeness (QED) is 0.869. The normalized spacial score (nSPS) is 12.6. The second kappa shape index (κ2) is 6.07. The van der Waals surface area contributed by atoms with E-state index < -0.39 is 0 Å². The summed E-state index contributed by atoms with van der Waals surface area (Å²) in [5.74, 6) is 0. The first kappa shape index (κ1) is 13.2. The first-order valence-electron chi connectivity index (χ1n) is 6.25. The lowest BCUT2D eigenvalue weighted by Crippen LogP contribution is -2.23. The van der Waals surface area contributed by atoms with E-state index in [0.717, 1.165) is 18.5 Å². The van der Waals surface area contributed by atoms with Gasteiger partial charge in [-0.2, -0.15) is 0 Å². The molecule has 0 fully saturated rings. The van der Waals surface area contributed by atoms with Gasteiger partial charge in [-0.3, -0.25) is 0 Å². The largest absolute Gasteiger partial charge is 0.453 e. The fourth-order valence-electron chi connectivity index (χ4n) is 1.97. The molecule has 0 radical (unpaired) electrons. The summed E-state index contributed by atoms with van der Waals surface area (Å²) in [7, 11) is 0. The number of rotatable bonds is 5. The minimum absolute atomic E-state index is 0.0943. The van der Waals surface area contributed by atoms with Crippen LogP contribution in [0.1, 0.15) is 36.1 Å². The maximum Gasteiger partial charge on any atom is 0.198 e. The third kappa shape index (κ3) is 2.95. The third-order valence-corrected chi connectivity index (χ3v) is 3.27. The Kier molecular flexibility index (Phi) is 4.45. The second-order valence-electron chi connectivity index (χ2n) is 4.45. The molecule has 2 aromatic rings. The highest BCUT2D eigenvalue weighted by Crippen LogP contribution is 2.29. The average Bonchev–Trinajstić information content (AvgIpc) is 2.78. The molecule has 0 saturated heterocycles. The van der Waals surface area contributed by atoms with Gasteiger partial charge in [-0.15, -0.1) is 0 Å². The van der Waals surface area contributed by atoms with Gasteiger partial charge in [0.25, 0.3) is 0 Å². The van der Waals surface area contributed by atoms with Crippen LogP contribution in [0.5, 0.6) is 0 Å². The van der Waals surface area contributed by atoms with Crippen LogP contribution in [0.2, 0.25) is 5.22 Å². The zero-order chi connectivity index (χ0) is 13.0. The molecule has 1 atom stereocenters. The number of benzene rings is 1. The van der Waals surface area contributed by atoms with Crippen LogP contribution in [-0.4, -0.2) is 6.54 Å². The highest BCUT2D eigenvalue weighted by Gasteiger charge is 2.18. The van der Waals surface area contributed by atoms with Crippen LogP contribution >= 0.6 is 11.6 Å². The average molecular weight is 264 g/mol. The maximum absolute atomic E-state index is 6.09. The Hall–Kier alpha value is -1.25. The van der Waals surface area contributed by atoms with Crippen LogP contribution in [0.3, 0.4) is 0 Å². The zero-order valence-corrected chi connectivity index (χ0v) is 11.5. The summed E-state index contributed by atoms with van der Waals surface area (Å²) in [6.45, 7) is 5.18. The fourth-order valence-corrected chi connectivity index (χ4v) is 2.19. The number of nitrogens with one attached hydrogen (secondary N) is 1. The highest BCUT2D eigenvalue weighted by molar-refractivity contribution is 6.29. The minimum atomic E-state index is 0.0943. The lowest BCUT2D eigenvalue weighted by atomic mass is 10.00. The van der Waals surface area contributed by atoms with E-state index in [-0.39, 0.29) is 6.04 Å². The molecule has 1 unspecified atom stereocenters. The van der Waals surface area contributed by atoms with Crippen LogP contribution in [-0.2, 0) is 0 Å². The van der Waals surface area contributed by atoms with Gasteiger partial charge in [0.15, 0.2) is 5.22 Å². The molecule has 0 saturated carbocycles. The molecule has 2 rings (SSSR count). The molecule has 0 aliphatic heterocycles. The molecule has 3 heteroatoms. The molecule has 1 aromatic heterocycles. The number of furan rings is 1. The molecule has 96 valence electrons. The summed E-state index contributed by atoms with van der Waals surface area (Å²) in [4.78, 5) is 0. The molecular formula is C15H18ClNO. The lowest BCUT2D eigenvalue weighted by molar-refractivity contribution is 0.550. The topological polar surface area (TPSA) is 25.2 Å². The van der Waals surface area contributed by atoms with Crippen molar-refractivity contribution in [1.82, 2.24) is 5.32 Å². The van der Waals surface area contributed by atoms with Crippen molar-refractivity contribution in [3.63, 3.8) is 0 Å². The lowest BCUT2D eigenvalue weighted by Gasteiger charge is -2.18. The molecule has 1 aromatic carbocycles. The van der Waals surface area contributed by atoms with Crippen LogP contribution < -0.4 is 5.32 Å². The number of hydrogen-bond donors (Lipinski definition) is 1. The molecule has 0 amide bonds. The molecule has 0 bridgehead atoms. The molecule has 1 heterocycles. The summed E-state index contributed by atoms with van der Waals surface area (Å²) >= 11 is 6.09. The Bertz CT molecular complexity index is 489. The van der Waals surface area contributed by atoms with Gasteiger partial charge in [0.2, 0.25) is 0 Å². The van der Waals surface area contributed by atoms with E-state index in [9.17, 15) is 0 Å². The van der Waals surface area contributed by atoms with E-state index >= 15 is 0 Å². The van der Waals surface area contributed by atoms with E-state index in [1.807, 2.05) is 6.07 Å². The predicted molar refractivity (Wildman–Crippen MR) is 75.0 cm³/mol. The monoisotopic (exact) mass is 263 g/mol. The molecule has 2 nitrogen and oxygen atoms in total. The summed E-state index contributed by atoms with van der Waals surface area (Å²) in [5, 5.41) is 3.97. The zero-order valence-electron chi connectivity index (χ0n) is 10.7. The van der Waals surface area contributed by atoms with Gasteiger partial charge in [0.1, 0.15) is 0 Å². The standard InChI is InChI=1S/C15H18ClNO/c1-3-9-17-14(13-8-10-18-15(13)16)12-6-4-11(2)5-7-12/h4-8,10,14,17H,3,9H2,1-2H3. The summed E-state index contributed by atoms with van der Waals surface area (Å²) in [5.41, 5.74) is 3.46. The SMILES string of the molecule is CCCNC(c1ccc(C)cc1)c1ccoc1Cl. The fraction of sp³-hybridized carbons (Fsp3) is 0.333. The van der Waals surface area contributed by atoms with Crippen LogP contribution in [0.25, 0.3) is 0 Å². The van der Waals surface area contributed by atoms with Crippen molar-refractivity contribution in [3.8, 4) is 0 Å². The molecule has 18 heavy (non-hydrogen) atoms. The minimum Gasteiger partial charge on any atom is -0.453 e. The Labute approximate surface area is 113 Å². The van der Waals surface area contributed by atoms with Crippen molar-refractivity contribution in [2.24, 2.45) is 0 Å². The predicted octanol–water partition coefficient (Wildman–Crippen LogP) is 4.33. The van der Waals surface area contributed by atoms with Gasteiger partial charge in [0.05, 0.1) is 12.3 Å². The summed E-state index contributed by atoms with van der Waals surface area (Å²) in [6, 6.07) is 10.5. The maximum atomic E-state index is 6.09. The molecular weight excluding hydrogens is 246 g/mol. The molecule has 1 N–H and O–H groups in total. The summed E-state index contributed by atoms with van der Waals surface area (Å²) in [6.07, 6.45) is 2.71. The molecule has 0 aliphatic rings. The second-order valence-corrected chi connectivity index (χ2v) is 4.79. The van der Waals surface area contributed by atoms with Gasteiger partial charge in [0, 0.05) is 5.56 Å². The van der Waals surface area contributed by atoms with Gasteiger partial charge in [-0.25, -0.2) is 0 Å². The van der Waals surface area contributed by atoms with Crippen molar-refractivity contribution in [3.05, 3.63) is 58.5 Å². The highest BCUT2D eigenvalue weighted by atomic mass is 35.5. The van der Waals surface area contributed by atoms with Crippen LogP contribution in [0.4, 0.5) is 0 Å². The third-order valence-electron chi connectivity index (χ3n) is 2.97. The van der Waals surface area contributed by atoms with Crippen molar-refractivity contribution >= 4 is 11.6 Å². The molecule has 0 spiro atoms. The van der Waals surface area contributed by atoms with Gasteiger partial charge >= 0.3 is 0 Å².